The third-order valence-electron chi connectivity index (χ3n) is 6.41. The van der Waals surface area contributed by atoms with Crippen LogP contribution in [-0.2, 0) is 6.54 Å². The minimum Gasteiger partial charge on any atom is -0.503 e. The highest BCUT2D eigenvalue weighted by Gasteiger charge is 2.15. The molecular formula is C27H28ClN5O2. The third kappa shape index (κ3) is 5.17. The van der Waals surface area contributed by atoms with Crippen LogP contribution in [0.15, 0.2) is 60.9 Å². The fourth-order valence-corrected chi connectivity index (χ4v) is 4.52. The first-order valence-electron chi connectivity index (χ1n) is 11.6. The maximum Gasteiger partial charge on any atom is 0.176 e. The molecule has 4 aromatic rings. The van der Waals surface area contributed by atoms with E-state index >= 15 is 0 Å². The Kier molecular flexibility index (Phi) is 6.72. The monoisotopic (exact) mass is 489 g/mol. The molecule has 3 heterocycles. The van der Waals surface area contributed by atoms with Gasteiger partial charge in [0.2, 0.25) is 0 Å². The second-order valence-corrected chi connectivity index (χ2v) is 9.25. The van der Waals surface area contributed by atoms with E-state index in [4.69, 9.17) is 16.3 Å². The topological polar surface area (TPSA) is 73.8 Å². The number of hydrogen-bond donors (Lipinski definition) is 2. The summed E-state index contributed by atoms with van der Waals surface area (Å²) in [5.41, 5.74) is 5.57. The molecule has 5 rings (SSSR count). The van der Waals surface area contributed by atoms with Crippen LogP contribution in [-0.4, -0.2) is 65.2 Å². The molecule has 0 atom stereocenters. The highest BCUT2D eigenvalue weighted by molar-refractivity contribution is 6.32. The molecule has 0 unspecified atom stereocenters. The number of phenols is 1. The van der Waals surface area contributed by atoms with Crippen molar-refractivity contribution in [3.05, 3.63) is 71.6 Å². The van der Waals surface area contributed by atoms with Crippen LogP contribution in [0.4, 0.5) is 11.4 Å². The number of aromatic nitrogens is 2. The summed E-state index contributed by atoms with van der Waals surface area (Å²) in [4.78, 5) is 14.0. The number of pyridine rings is 2. The van der Waals surface area contributed by atoms with Gasteiger partial charge in [0.1, 0.15) is 0 Å². The lowest BCUT2D eigenvalue weighted by atomic mass is 10.0. The van der Waals surface area contributed by atoms with Crippen LogP contribution >= 0.6 is 11.6 Å². The Hall–Kier alpha value is -3.39. The Morgan fingerprint density at radius 1 is 1.00 bits per heavy atom. The molecule has 1 aliphatic heterocycles. The number of hydrogen-bond acceptors (Lipinski definition) is 7. The number of nitrogens with one attached hydrogen (secondary N) is 1. The summed E-state index contributed by atoms with van der Waals surface area (Å²) in [5, 5.41) is 14.8. The molecule has 0 amide bonds. The fraction of sp³-hybridized carbons (Fsp3) is 0.259. The Labute approximate surface area is 209 Å². The van der Waals surface area contributed by atoms with E-state index in [9.17, 15) is 5.11 Å². The van der Waals surface area contributed by atoms with Crippen molar-refractivity contribution in [2.75, 3.05) is 45.7 Å². The molecule has 0 radical (unpaired) electrons. The smallest absolute Gasteiger partial charge is 0.176 e. The minimum atomic E-state index is -0.0636. The molecule has 2 aromatic carbocycles. The summed E-state index contributed by atoms with van der Waals surface area (Å²) >= 11 is 6.22. The van der Waals surface area contributed by atoms with E-state index in [-0.39, 0.29) is 10.8 Å². The number of ether oxygens (including phenoxy) is 1. The van der Waals surface area contributed by atoms with Gasteiger partial charge in [0.25, 0.3) is 0 Å². The van der Waals surface area contributed by atoms with Gasteiger partial charge in [0.05, 0.1) is 35.2 Å². The van der Waals surface area contributed by atoms with Gasteiger partial charge >= 0.3 is 0 Å². The van der Waals surface area contributed by atoms with Crippen LogP contribution in [0.2, 0.25) is 5.02 Å². The van der Waals surface area contributed by atoms with Crippen molar-refractivity contribution < 1.29 is 9.84 Å². The number of fused-ring (bicyclic) bond motifs is 1. The lowest BCUT2D eigenvalue weighted by Crippen LogP contribution is -2.43. The summed E-state index contributed by atoms with van der Waals surface area (Å²) in [5.74, 6) is 0.270. The van der Waals surface area contributed by atoms with Gasteiger partial charge < -0.3 is 20.1 Å². The quantitative estimate of drug-likeness (QED) is 0.387. The molecule has 2 aromatic heterocycles. The number of nitrogens with zero attached hydrogens (tertiary/aromatic N) is 4. The average molecular weight is 490 g/mol. The van der Waals surface area contributed by atoms with E-state index in [0.29, 0.717) is 5.75 Å². The first kappa shape index (κ1) is 23.4. The Bertz CT molecular complexity index is 1340. The summed E-state index contributed by atoms with van der Waals surface area (Å²) < 4.78 is 5.27. The normalized spacial score (nSPS) is 14.8. The molecule has 35 heavy (non-hydrogen) atoms. The van der Waals surface area contributed by atoms with E-state index in [0.717, 1.165) is 71.8 Å². The van der Waals surface area contributed by atoms with E-state index in [1.54, 1.807) is 18.3 Å². The van der Waals surface area contributed by atoms with E-state index in [2.05, 4.69) is 50.3 Å². The first-order chi connectivity index (χ1) is 17.0. The summed E-state index contributed by atoms with van der Waals surface area (Å²) in [6.07, 6.45) is 3.67. The van der Waals surface area contributed by atoms with Gasteiger partial charge in [-0.3, -0.25) is 14.9 Å². The molecule has 0 saturated carbocycles. The predicted molar refractivity (Wildman–Crippen MR) is 141 cm³/mol. The van der Waals surface area contributed by atoms with Crippen LogP contribution in [0, 0.1) is 0 Å². The van der Waals surface area contributed by atoms with Gasteiger partial charge in [-0.1, -0.05) is 17.7 Å². The maximum absolute atomic E-state index is 10.1. The molecule has 180 valence electrons. The zero-order valence-corrected chi connectivity index (χ0v) is 20.6. The Balaban J connectivity index is 1.38. The van der Waals surface area contributed by atoms with Gasteiger partial charge in [-0.05, 0) is 60.6 Å². The van der Waals surface area contributed by atoms with E-state index < -0.39 is 0 Å². The van der Waals surface area contributed by atoms with Crippen molar-refractivity contribution in [3.8, 4) is 22.6 Å². The van der Waals surface area contributed by atoms with Crippen molar-refractivity contribution >= 4 is 33.9 Å². The van der Waals surface area contributed by atoms with Gasteiger partial charge in [0.15, 0.2) is 11.5 Å². The standard InChI is InChI=1S/C27H28ClN5O2/c1-32-9-11-33(12-10-32)17-21-5-4-20(16-30-21)31-25-7-8-29-24-6-3-18(13-22(24)25)19-14-23(28)27(34)26(15-19)35-2/h3-8,13-16,34H,9-12,17H2,1-2H3,(H,29,31). The summed E-state index contributed by atoms with van der Waals surface area (Å²) in [7, 11) is 3.67. The number of anilines is 2. The number of rotatable bonds is 6. The van der Waals surface area contributed by atoms with Crippen molar-refractivity contribution in [1.82, 2.24) is 19.8 Å². The first-order valence-corrected chi connectivity index (χ1v) is 12.0. The van der Waals surface area contributed by atoms with Gasteiger partial charge in [-0.15, -0.1) is 0 Å². The molecule has 1 fully saturated rings. The molecule has 0 aliphatic carbocycles. The van der Waals surface area contributed by atoms with Crippen LogP contribution in [0.1, 0.15) is 5.69 Å². The highest BCUT2D eigenvalue weighted by Crippen LogP contribution is 2.39. The minimum absolute atomic E-state index is 0.0636. The molecule has 7 nitrogen and oxygen atoms in total. The Morgan fingerprint density at radius 3 is 2.57 bits per heavy atom. The lowest BCUT2D eigenvalue weighted by Gasteiger charge is -2.32. The summed E-state index contributed by atoms with van der Waals surface area (Å²) in [6, 6.07) is 15.6. The molecular weight excluding hydrogens is 462 g/mol. The van der Waals surface area contributed by atoms with Crippen LogP contribution in [0.5, 0.6) is 11.5 Å². The maximum atomic E-state index is 10.1. The fourth-order valence-electron chi connectivity index (χ4n) is 4.31. The third-order valence-corrected chi connectivity index (χ3v) is 6.70. The van der Waals surface area contributed by atoms with Crippen molar-refractivity contribution in [1.29, 1.82) is 0 Å². The lowest BCUT2D eigenvalue weighted by molar-refractivity contribution is 0.147. The van der Waals surface area contributed by atoms with Gasteiger partial charge in [-0.2, -0.15) is 0 Å². The average Bonchev–Trinajstić information content (AvgIpc) is 2.88. The molecule has 0 bridgehead atoms. The molecule has 8 heteroatoms. The molecule has 2 N–H and O–H groups in total. The predicted octanol–water partition coefficient (Wildman–Crippen LogP) is 5.16. The SMILES string of the molecule is COc1cc(-c2ccc3nccc(Nc4ccc(CN5CCN(C)CC5)nc4)c3c2)cc(Cl)c1O. The van der Waals surface area contributed by atoms with Crippen molar-refractivity contribution in [2.45, 2.75) is 6.54 Å². The number of aromatic hydroxyl groups is 1. The van der Waals surface area contributed by atoms with Crippen LogP contribution in [0.3, 0.4) is 0 Å². The largest absolute Gasteiger partial charge is 0.503 e. The molecule has 1 saturated heterocycles. The van der Waals surface area contributed by atoms with E-state index in [1.165, 1.54) is 7.11 Å². The zero-order chi connectivity index (χ0) is 24.4. The number of likely N-dealkylation sites (N-methyl/N-ethyl adjacent to an activating group) is 1. The Morgan fingerprint density at radius 2 is 1.83 bits per heavy atom. The van der Waals surface area contributed by atoms with Gasteiger partial charge in [-0.25, -0.2) is 0 Å². The second-order valence-electron chi connectivity index (χ2n) is 8.84. The highest BCUT2D eigenvalue weighted by atomic mass is 35.5. The second kappa shape index (κ2) is 10.1. The van der Waals surface area contributed by atoms with Gasteiger partial charge in [0, 0.05) is 50.0 Å². The number of methoxy groups -OCH3 is 1. The van der Waals surface area contributed by atoms with E-state index in [1.807, 2.05) is 24.4 Å². The molecule has 0 spiro atoms. The number of piperazine rings is 1. The zero-order valence-electron chi connectivity index (χ0n) is 19.8. The van der Waals surface area contributed by atoms with Crippen LogP contribution < -0.4 is 10.1 Å². The van der Waals surface area contributed by atoms with Crippen molar-refractivity contribution in [2.24, 2.45) is 0 Å². The number of benzene rings is 2. The number of halogens is 1. The number of phenolic OH excluding ortho intramolecular Hbond substituents is 1. The van der Waals surface area contributed by atoms with Crippen molar-refractivity contribution in [3.63, 3.8) is 0 Å². The molecule has 1 aliphatic rings. The summed E-state index contributed by atoms with van der Waals surface area (Å²) in [6.45, 7) is 5.21. The van der Waals surface area contributed by atoms with Crippen LogP contribution in [0.25, 0.3) is 22.0 Å².